The molecule has 0 aliphatic carbocycles. The van der Waals surface area contributed by atoms with Crippen molar-refractivity contribution >= 4 is 28.6 Å². The third kappa shape index (κ3) is 3.35. The van der Waals surface area contributed by atoms with Gasteiger partial charge in [-0.25, -0.2) is 8.78 Å². The van der Waals surface area contributed by atoms with E-state index in [-0.39, 0.29) is 33.4 Å². The van der Waals surface area contributed by atoms with Crippen molar-refractivity contribution in [1.82, 2.24) is 4.98 Å². The Balaban J connectivity index is 3.12. The summed E-state index contributed by atoms with van der Waals surface area (Å²) in [5.74, 6) is -0.540. The molecule has 7 heteroatoms. The normalized spacial score (nSPS) is 10.2. The zero-order valence-electron chi connectivity index (χ0n) is 9.41. The smallest absolute Gasteiger partial charge is 0.311 e. The molecule has 0 amide bonds. The minimum Gasteiger partial charge on any atom is -0.466 e. The Bertz CT molecular complexity index is 501. The third-order valence-electron chi connectivity index (χ3n) is 2.08. The Labute approximate surface area is 116 Å². The van der Waals surface area contributed by atoms with Crippen LogP contribution in [0, 0.1) is 14.9 Å². The van der Waals surface area contributed by atoms with Gasteiger partial charge in [0.1, 0.15) is 6.07 Å². The number of halogens is 3. The first-order valence-corrected chi connectivity index (χ1v) is 6.10. The lowest BCUT2D eigenvalue weighted by Crippen LogP contribution is -2.12. The van der Waals surface area contributed by atoms with E-state index in [1.54, 1.807) is 35.6 Å². The molecule has 1 aromatic rings. The number of ether oxygens (including phenoxy) is 1. The second-order valence-corrected chi connectivity index (χ2v) is 4.32. The SMILES string of the molecule is CCOC(=O)Cc1ncc(C(F)F)c(I)c1C#N. The Kier molecular flexibility index (Phi) is 5.40. The number of aromatic nitrogens is 1. The van der Waals surface area contributed by atoms with Crippen LogP contribution in [0.25, 0.3) is 0 Å². The lowest BCUT2D eigenvalue weighted by atomic mass is 10.1. The van der Waals surface area contributed by atoms with Crippen molar-refractivity contribution in [2.75, 3.05) is 6.61 Å². The molecule has 0 N–H and O–H groups in total. The van der Waals surface area contributed by atoms with Gasteiger partial charge in [-0.1, -0.05) is 0 Å². The topological polar surface area (TPSA) is 63.0 Å². The van der Waals surface area contributed by atoms with Gasteiger partial charge >= 0.3 is 5.97 Å². The van der Waals surface area contributed by atoms with Crippen LogP contribution in [0.5, 0.6) is 0 Å². The molecule has 0 radical (unpaired) electrons. The summed E-state index contributed by atoms with van der Waals surface area (Å²) in [4.78, 5) is 15.0. The molecule has 0 unspecified atom stereocenters. The second kappa shape index (κ2) is 6.58. The maximum absolute atomic E-state index is 12.6. The molecular formula is C11H9F2IN2O2. The van der Waals surface area contributed by atoms with Crippen LogP contribution < -0.4 is 0 Å². The molecule has 1 rings (SSSR count). The van der Waals surface area contributed by atoms with Crippen molar-refractivity contribution in [3.05, 3.63) is 26.6 Å². The van der Waals surface area contributed by atoms with Crippen molar-refractivity contribution in [2.45, 2.75) is 19.8 Å². The molecule has 1 aromatic heterocycles. The molecule has 1 heterocycles. The largest absolute Gasteiger partial charge is 0.466 e. The minimum absolute atomic E-state index is 0.00135. The zero-order valence-corrected chi connectivity index (χ0v) is 11.6. The van der Waals surface area contributed by atoms with Crippen LogP contribution in [0.2, 0.25) is 0 Å². The summed E-state index contributed by atoms with van der Waals surface area (Å²) in [6.07, 6.45) is -1.91. The number of pyridine rings is 1. The number of esters is 1. The van der Waals surface area contributed by atoms with Crippen LogP contribution in [0.1, 0.15) is 30.2 Å². The predicted molar refractivity (Wildman–Crippen MR) is 67.0 cm³/mol. The molecule has 0 aromatic carbocycles. The monoisotopic (exact) mass is 366 g/mol. The molecule has 18 heavy (non-hydrogen) atoms. The van der Waals surface area contributed by atoms with E-state index >= 15 is 0 Å². The van der Waals surface area contributed by atoms with Gasteiger partial charge in [0, 0.05) is 9.77 Å². The Morgan fingerprint density at radius 2 is 2.33 bits per heavy atom. The van der Waals surface area contributed by atoms with Crippen LogP contribution in [-0.4, -0.2) is 17.6 Å². The van der Waals surface area contributed by atoms with Crippen LogP contribution in [0.4, 0.5) is 8.78 Å². The average Bonchev–Trinajstić information content (AvgIpc) is 2.29. The third-order valence-corrected chi connectivity index (χ3v) is 3.25. The van der Waals surface area contributed by atoms with E-state index in [2.05, 4.69) is 4.98 Å². The number of hydrogen-bond donors (Lipinski definition) is 0. The van der Waals surface area contributed by atoms with Gasteiger partial charge in [-0.05, 0) is 29.5 Å². The van der Waals surface area contributed by atoms with Crippen LogP contribution >= 0.6 is 22.6 Å². The lowest BCUT2D eigenvalue weighted by molar-refractivity contribution is -0.142. The van der Waals surface area contributed by atoms with E-state index in [0.717, 1.165) is 6.20 Å². The molecule has 0 aliphatic heterocycles. The first kappa shape index (κ1) is 14.8. The Hall–Kier alpha value is -1.30. The minimum atomic E-state index is -2.70. The van der Waals surface area contributed by atoms with Gasteiger partial charge in [-0.3, -0.25) is 9.78 Å². The van der Waals surface area contributed by atoms with E-state index in [4.69, 9.17) is 10.00 Å². The molecule has 0 bridgehead atoms. The Morgan fingerprint density at radius 3 is 2.83 bits per heavy atom. The lowest BCUT2D eigenvalue weighted by Gasteiger charge is -2.08. The molecule has 0 spiro atoms. The standard InChI is InChI=1S/C11H9F2IN2O2/c1-2-18-9(17)3-8-6(4-15)10(14)7(5-16-8)11(12)13/h5,11H,2-3H2,1H3. The van der Waals surface area contributed by atoms with Gasteiger partial charge in [-0.15, -0.1) is 0 Å². The average molecular weight is 366 g/mol. The highest BCUT2D eigenvalue weighted by molar-refractivity contribution is 14.1. The highest BCUT2D eigenvalue weighted by Gasteiger charge is 2.20. The summed E-state index contributed by atoms with van der Waals surface area (Å²) in [5.41, 5.74) is -0.147. The molecule has 4 nitrogen and oxygen atoms in total. The maximum Gasteiger partial charge on any atom is 0.311 e. The molecule has 0 aliphatic rings. The van der Waals surface area contributed by atoms with E-state index in [9.17, 15) is 13.6 Å². The highest BCUT2D eigenvalue weighted by Crippen LogP contribution is 2.27. The zero-order chi connectivity index (χ0) is 13.7. The Morgan fingerprint density at radius 1 is 1.67 bits per heavy atom. The number of nitrogens with zero attached hydrogens (tertiary/aromatic N) is 2. The second-order valence-electron chi connectivity index (χ2n) is 3.24. The summed E-state index contributed by atoms with van der Waals surface area (Å²) in [6.45, 7) is 1.87. The van der Waals surface area contributed by atoms with Crippen molar-refractivity contribution < 1.29 is 18.3 Å². The van der Waals surface area contributed by atoms with Gasteiger partial charge in [0.25, 0.3) is 6.43 Å². The molecular weight excluding hydrogens is 357 g/mol. The van der Waals surface area contributed by atoms with Crippen molar-refractivity contribution in [3.8, 4) is 6.07 Å². The van der Waals surface area contributed by atoms with E-state index in [1.165, 1.54) is 0 Å². The van der Waals surface area contributed by atoms with Gasteiger partial charge in [0.05, 0.1) is 29.8 Å². The van der Waals surface area contributed by atoms with E-state index in [0.29, 0.717) is 0 Å². The maximum atomic E-state index is 12.6. The summed E-state index contributed by atoms with van der Waals surface area (Å²) in [6, 6.07) is 1.80. The van der Waals surface area contributed by atoms with Crippen LogP contribution in [0.3, 0.4) is 0 Å². The van der Waals surface area contributed by atoms with E-state index in [1.807, 2.05) is 0 Å². The number of alkyl halides is 2. The summed E-state index contributed by atoms with van der Waals surface area (Å²) in [5, 5.41) is 8.96. The van der Waals surface area contributed by atoms with Gasteiger partial charge in [0.15, 0.2) is 0 Å². The fourth-order valence-corrected chi connectivity index (χ4v) is 2.09. The number of nitriles is 1. The molecule has 0 saturated heterocycles. The summed E-state index contributed by atoms with van der Waals surface area (Å²) in [7, 11) is 0. The van der Waals surface area contributed by atoms with E-state index < -0.39 is 12.4 Å². The van der Waals surface area contributed by atoms with Crippen LogP contribution in [0.15, 0.2) is 6.20 Å². The molecule has 0 atom stereocenters. The fraction of sp³-hybridized carbons (Fsp3) is 0.364. The van der Waals surface area contributed by atoms with Crippen molar-refractivity contribution in [1.29, 1.82) is 5.26 Å². The van der Waals surface area contributed by atoms with Crippen molar-refractivity contribution in [3.63, 3.8) is 0 Å². The van der Waals surface area contributed by atoms with Gasteiger partial charge in [-0.2, -0.15) is 5.26 Å². The quantitative estimate of drug-likeness (QED) is 0.607. The van der Waals surface area contributed by atoms with Crippen molar-refractivity contribution in [2.24, 2.45) is 0 Å². The van der Waals surface area contributed by atoms with Crippen LogP contribution in [-0.2, 0) is 16.0 Å². The first-order valence-electron chi connectivity index (χ1n) is 5.02. The molecule has 0 fully saturated rings. The summed E-state index contributed by atoms with van der Waals surface area (Å²) >= 11 is 1.66. The fourth-order valence-electron chi connectivity index (χ4n) is 1.29. The van der Waals surface area contributed by atoms with Gasteiger partial charge < -0.3 is 4.74 Å². The summed E-state index contributed by atoms with van der Waals surface area (Å²) < 4.78 is 30.1. The number of rotatable bonds is 4. The number of hydrogen-bond acceptors (Lipinski definition) is 4. The number of carbonyl (C=O) groups is 1. The highest BCUT2D eigenvalue weighted by atomic mass is 127. The first-order chi connectivity index (χ1) is 8.51. The molecule has 0 saturated carbocycles. The predicted octanol–water partition coefficient (Wildman–Crippen LogP) is 2.60. The molecule has 96 valence electrons. The number of carbonyl (C=O) groups excluding carboxylic acids is 1. The van der Waals surface area contributed by atoms with Gasteiger partial charge in [0.2, 0.25) is 0 Å².